The van der Waals surface area contributed by atoms with Gasteiger partial charge in [-0.25, -0.2) is 0 Å². The molecule has 0 radical (unpaired) electrons. The smallest absolute Gasteiger partial charge is 0.247 e. The first-order chi connectivity index (χ1) is 15.0. The minimum atomic E-state index is -0.764. The number of carbonyl (C=O) groups excluding carboxylic acids is 3. The van der Waals surface area contributed by atoms with Crippen molar-refractivity contribution in [2.75, 3.05) is 33.3 Å². The molecule has 2 saturated heterocycles. The van der Waals surface area contributed by atoms with E-state index in [0.29, 0.717) is 13.1 Å². The van der Waals surface area contributed by atoms with Crippen molar-refractivity contribution in [1.29, 1.82) is 0 Å². The fraction of sp³-hybridized carbons (Fsp3) is 0.696. The second-order valence-electron chi connectivity index (χ2n) is 9.43. The molecule has 5 aliphatic rings. The molecule has 0 aromatic rings. The molecule has 1 spiro atoms. The molecule has 31 heavy (non-hydrogen) atoms. The Hall–Kier alpha value is -1.80. The number of hydrogen-bond donors (Lipinski definition) is 1. The van der Waals surface area contributed by atoms with Crippen LogP contribution in [0.4, 0.5) is 0 Å². The zero-order chi connectivity index (χ0) is 21.8. The summed E-state index contributed by atoms with van der Waals surface area (Å²) >= 11 is 1.60. The number of likely N-dealkylation sites (N-methyl/N-ethyl adjacent to an activating group) is 1. The SMILES string of the molecule is CN1CC=C[C@H]2S[C@]34C=CCN(C5CCCCC5)C(=O)C3N(CCO)C(=O)[C@@H]4[C@H]2C1=O. The topological polar surface area (TPSA) is 81.2 Å². The van der Waals surface area contributed by atoms with Gasteiger partial charge in [-0.1, -0.05) is 43.6 Å². The Morgan fingerprint density at radius 1 is 1.06 bits per heavy atom. The quantitative estimate of drug-likeness (QED) is 0.657. The Balaban J connectivity index is 1.58. The summed E-state index contributed by atoms with van der Waals surface area (Å²) in [5.74, 6) is -1.28. The van der Waals surface area contributed by atoms with E-state index in [9.17, 15) is 19.5 Å². The summed E-state index contributed by atoms with van der Waals surface area (Å²) in [6.45, 7) is 1.01. The standard InChI is InChI=1S/C23H31N3O4S/c1-24-11-5-9-16-17(20(24)28)18-21(29)26(13-14-27)19-22(30)25(15-7-3-2-4-8-15)12-6-10-23(18,19)31-16/h5-6,9-10,15-19,27H,2-4,7-8,11-14H2,1H3/t16-,17+,18+,19?,23+/m1/s1. The largest absolute Gasteiger partial charge is 0.395 e. The predicted molar refractivity (Wildman–Crippen MR) is 118 cm³/mol. The summed E-state index contributed by atoms with van der Waals surface area (Å²) in [6, 6.07) is -0.461. The summed E-state index contributed by atoms with van der Waals surface area (Å²) in [5, 5.41) is 9.59. The zero-order valence-electron chi connectivity index (χ0n) is 18.0. The molecular formula is C23H31N3O4S. The van der Waals surface area contributed by atoms with Crippen LogP contribution in [0, 0.1) is 11.8 Å². The van der Waals surface area contributed by atoms with E-state index >= 15 is 0 Å². The molecule has 0 aromatic carbocycles. The van der Waals surface area contributed by atoms with E-state index in [1.807, 2.05) is 23.1 Å². The van der Waals surface area contributed by atoms with E-state index in [0.717, 1.165) is 25.7 Å². The van der Waals surface area contributed by atoms with Crippen LogP contribution in [-0.4, -0.2) is 92.9 Å². The summed E-state index contributed by atoms with van der Waals surface area (Å²) in [6.07, 6.45) is 13.6. The van der Waals surface area contributed by atoms with Gasteiger partial charge < -0.3 is 19.8 Å². The highest BCUT2D eigenvalue weighted by Gasteiger charge is 2.70. The Kier molecular flexibility index (Phi) is 5.41. The van der Waals surface area contributed by atoms with Crippen molar-refractivity contribution in [2.24, 2.45) is 11.8 Å². The number of nitrogens with zero attached hydrogens (tertiary/aromatic N) is 3. The zero-order valence-corrected chi connectivity index (χ0v) is 18.8. The van der Waals surface area contributed by atoms with Gasteiger partial charge >= 0.3 is 0 Å². The Bertz CT molecular complexity index is 839. The summed E-state index contributed by atoms with van der Waals surface area (Å²) in [4.78, 5) is 46.2. The molecule has 4 aliphatic heterocycles. The van der Waals surface area contributed by atoms with Crippen molar-refractivity contribution in [1.82, 2.24) is 14.7 Å². The van der Waals surface area contributed by atoms with E-state index in [1.165, 1.54) is 6.42 Å². The van der Waals surface area contributed by atoms with Crippen molar-refractivity contribution in [3.8, 4) is 0 Å². The van der Waals surface area contributed by atoms with Crippen LogP contribution < -0.4 is 0 Å². The lowest BCUT2D eigenvalue weighted by atomic mass is 9.78. The van der Waals surface area contributed by atoms with Crippen molar-refractivity contribution in [3.05, 3.63) is 24.3 Å². The van der Waals surface area contributed by atoms with E-state index in [-0.39, 0.29) is 42.2 Å². The number of rotatable bonds is 3. The van der Waals surface area contributed by atoms with Crippen LogP contribution in [0.2, 0.25) is 0 Å². The summed E-state index contributed by atoms with van der Waals surface area (Å²) in [7, 11) is 1.77. The molecule has 0 bridgehead atoms. The number of β-amino-alcohol motifs (C(OH)–C–C–N with tert-alkyl or cyclic N) is 1. The number of likely N-dealkylation sites (tertiary alicyclic amines) is 1. The van der Waals surface area contributed by atoms with Crippen molar-refractivity contribution >= 4 is 29.5 Å². The molecule has 8 heteroatoms. The molecule has 1 saturated carbocycles. The van der Waals surface area contributed by atoms with Gasteiger partial charge in [-0.15, -0.1) is 11.8 Å². The van der Waals surface area contributed by atoms with Crippen LogP contribution in [0.1, 0.15) is 32.1 Å². The molecule has 1 aliphatic carbocycles. The number of amides is 3. The first-order valence-corrected chi connectivity index (χ1v) is 12.4. The highest BCUT2D eigenvalue weighted by molar-refractivity contribution is 8.02. The number of fused-ring (bicyclic) bond motifs is 2. The van der Waals surface area contributed by atoms with Gasteiger partial charge in [0.05, 0.1) is 23.2 Å². The van der Waals surface area contributed by atoms with Crippen LogP contribution in [-0.2, 0) is 14.4 Å². The minimum absolute atomic E-state index is 0.0186. The Morgan fingerprint density at radius 2 is 1.84 bits per heavy atom. The van der Waals surface area contributed by atoms with Crippen LogP contribution in [0.25, 0.3) is 0 Å². The van der Waals surface area contributed by atoms with Gasteiger partial charge in [0, 0.05) is 38.0 Å². The molecule has 1 N–H and O–H groups in total. The van der Waals surface area contributed by atoms with Gasteiger partial charge in [0.15, 0.2) is 0 Å². The normalized spacial score (nSPS) is 38.3. The van der Waals surface area contributed by atoms with Gasteiger partial charge in [-0.3, -0.25) is 14.4 Å². The first-order valence-electron chi connectivity index (χ1n) is 11.5. The average molecular weight is 446 g/mol. The Labute approximate surface area is 187 Å². The third kappa shape index (κ3) is 3.09. The lowest BCUT2D eigenvalue weighted by Crippen LogP contribution is -2.55. The maximum absolute atomic E-state index is 14.0. The monoisotopic (exact) mass is 445 g/mol. The second-order valence-corrected chi connectivity index (χ2v) is 10.9. The number of aliphatic hydroxyl groups excluding tert-OH is 1. The third-order valence-electron chi connectivity index (χ3n) is 7.75. The van der Waals surface area contributed by atoms with Crippen LogP contribution >= 0.6 is 11.8 Å². The third-order valence-corrected chi connectivity index (χ3v) is 9.49. The summed E-state index contributed by atoms with van der Waals surface area (Å²) < 4.78 is -0.764. The fourth-order valence-electron chi connectivity index (χ4n) is 6.35. The molecule has 3 amide bonds. The van der Waals surface area contributed by atoms with Crippen LogP contribution in [0.3, 0.4) is 0 Å². The number of hydrogen-bond acceptors (Lipinski definition) is 5. The molecule has 1 unspecified atom stereocenters. The van der Waals surface area contributed by atoms with Crippen molar-refractivity contribution in [3.63, 3.8) is 0 Å². The second kappa shape index (κ2) is 7.96. The molecule has 5 rings (SSSR count). The van der Waals surface area contributed by atoms with E-state index in [1.54, 1.807) is 28.6 Å². The van der Waals surface area contributed by atoms with Crippen LogP contribution in [0.15, 0.2) is 24.3 Å². The van der Waals surface area contributed by atoms with Gasteiger partial charge in [-0.2, -0.15) is 0 Å². The predicted octanol–water partition coefficient (Wildman–Crippen LogP) is 1.04. The average Bonchev–Trinajstić information content (AvgIpc) is 3.08. The molecule has 7 nitrogen and oxygen atoms in total. The highest BCUT2D eigenvalue weighted by Crippen LogP contribution is 2.61. The van der Waals surface area contributed by atoms with Crippen molar-refractivity contribution < 1.29 is 19.5 Å². The van der Waals surface area contributed by atoms with Crippen LogP contribution in [0.5, 0.6) is 0 Å². The minimum Gasteiger partial charge on any atom is -0.395 e. The Morgan fingerprint density at radius 3 is 2.58 bits per heavy atom. The maximum atomic E-state index is 14.0. The molecule has 3 fully saturated rings. The number of carbonyl (C=O) groups is 3. The van der Waals surface area contributed by atoms with Gasteiger partial charge in [0.2, 0.25) is 17.7 Å². The van der Waals surface area contributed by atoms with E-state index in [4.69, 9.17) is 0 Å². The fourth-order valence-corrected chi connectivity index (χ4v) is 8.36. The molecule has 168 valence electrons. The lowest BCUT2D eigenvalue weighted by Gasteiger charge is -2.39. The van der Waals surface area contributed by atoms with E-state index in [2.05, 4.69) is 6.08 Å². The van der Waals surface area contributed by atoms with E-state index < -0.39 is 22.6 Å². The lowest BCUT2D eigenvalue weighted by molar-refractivity contribution is -0.145. The van der Waals surface area contributed by atoms with Crippen molar-refractivity contribution in [2.45, 2.75) is 54.2 Å². The van der Waals surface area contributed by atoms with Gasteiger partial charge in [0.25, 0.3) is 0 Å². The first kappa shape index (κ1) is 21.1. The van der Waals surface area contributed by atoms with Gasteiger partial charge in [0.1, 0.15) is 6.04 Å². The maximum Gasteiger partial charge on any atom is 0.247 e. The number of thioether (sulfide) groups is 1. The molecule has 5 atom stereocenters. The van der Waals surface area contributed by atoms with Gasteiger partial charge in [-0.05, 0) is 12.8 Å². The molecule has 4 heterocycles. The highest BCUT2D eigenvalue weighted by atomic mass is 32.2. The molecular weight excluding hydrogens is 414 g/mol. The summed E-state index contributed by atoms with van der Waals surface area (Å²) in [5.41, 5.74) is 0. The molecule has 0 aromatic heterocycles. The number of aliphatic hydroxyl groups is 1.